The second-order valence-corrected chi connectivity index (χ2v) is 7.84. The summed E-state index contributed by atoms with van der Waals surface area (Å²) in [6.07, 6.45) is 2.77. The Morgan fingerprint density at radius 3 is 2.52 bits per heavy atom. The predicted octanol–water partition coefficient (Wildman–Crippen LogP) is 6.13. The number of benzene rings is 2. The van der Waals surface area contributed by atoms with Gasteiger partial charge in [0.05, 0.1) is 35.6 Å². The fraction of sp³-hybridized carbons (Fsp3) is 0.154. The van der Waals surface area contributed by atoms with Gasteiger partial charge in [-0.05, 0) is 68.0 Å². The summed E-state index contributed by atoms with van der Waals surface area (Å²) < 4.78 is 5.27. The molecule has 1 aliphatic heterocycles. The molecule has 0 fully saturated rings. The van der Waals surface area contributed by atoms with Crippen molar-refractivity contribution in [2.75, 3.05) is 7.11 Å². The molecule has 0 spiro atoms. The quantitative estimate of drug-likeness (QED) is 0.419. The number of para-hydroxylation sites is 1. The summed E-state index contributed by atoms with van der Waals surface area (Å²) in [6, 6.07) is 20.4. The van der Waals surface area contributed by atoms with Crippen molar-refractivity contribution < 1.29 is 4.74 Å². The number of rotatable bonds is 4. The molecule has 2 N–H and O–H groups in total. The SMILES string of the molecule is COc1ccc(N=C2CC(c3cc4ccccc4[nH]3)=N/C2=C\c2[nH]c(C)cc2C)cc1. The molecule has 5 heteroatoms. The van der Waals surface area contributed by atoms with E-state index in [0.717, 1.165) is 51.2 Å². The summed E-state index contributed by atoms with van der Waals surface area (Å²) in [4.78, 5) is 16.8. The van der Waals surface area contributed by atoms with E-state index < -0.39 is 0 Å². The highest BCUT2D eigenvalue weighted by atomic mass is 16.5. The van der Waals surface area contributed by atoms with Gasteiger partial charge in [-0.25, -0.2) is 4.99 Å². The third kappa shape index (κ3) is 3.82. The van der Waals surface area contributed by atoms with Crippen molar-refractivity contribution in [1.29, 1.82) is 0 Å². The lowest BCUT2D eigenvalue weighted by atomic mass is 10.1. The van der Waals surface area contributed by atoms with E-state index in [1.165, 1.54) is 10.9 Å². The van der Waals surface area contributed by atoms with E-state index >= 15 is 0 Å². The Bertz CT molecular complexity index is 1320. The summed E-state index contributed by atoms with van der Waals surface area (Å²) in [5.74, 6) is 0.818. The Hall–Kier alpha value is -3.86. The van der Waals surface area contributed by atoms with E-state index in [-0.39, 0.29) is 0 Å². The van der Waals surface area contributed by atoms with Gasteiger partial charge in [-0.3, -0.25) is 4.99 Å². The molecular weight excluding hydrogens is 384 g/mol. The number of hydrogen-bond acceptors (Lipinski definition) is 3. The van der Waals surface area contributed by atoms with Gasteiger partial charge in [0.15, 0.2) is 0 Å². The lowest BCUT2D eigenvalue weighted by Gasteiger charge is -2.02. The standard InChI is InChI=1S/C26H24N4O/c1-16-12-17(2)27-22(16)14-25-24(28-19-8-10-20(31-3)11-9-19)15-26(30-25)23-13-18-6-4-5-7-21(18)29-23/h4-14,27,29H,15H2,1-3H3/b25-14-,28-24?. The minimum atomic E-state index is 0.670. The van der Waals surface area contributed by atoms with Crippen LogP contribution in [0.2, 0.25) is 0 Å². The molecule has 154 valence electrons. The molecule has 0 saturated heterocycles. The van der Waals surface area contributed by atoms with Crippen LogP contribution >= 0.6 is 0 Å². The normalized spacial score (nSPS) is 16.4. The Balaban J connectivity index is 1.57. The number of H-pyrrole nitrogens is 2. The van der Waals surface area contributed by atoms with Gasteiger partial charge in [-0.2, -0.15) is 0 Å². The molecule has 5 nitrogen and oxygen atoms in total. The average Bonchev–Trinajstić information content (AvgIpc) is 3.46. The molecule has 0 atom stereocenters. The van der Waals surface area contributed by atoms with E-state index in [9.17, 15) is 0 Å². The molecule has 0 radical (unpaired) electrons. The minimum absolute atomic E-state index is 0.670. The molecule has 2 aromatic carbocycles. The maximum absolute atomic E-state index is 5.27. The van der Waals surface area contributed by atoms with Crippen LogP contribution in [-0.4, -0.2) is 28.5 Å². The topological polar surface area (TPSA) is 65.5 Å². The number of aromatic amines is 2. The number of ether oxygens (including phenoxy) is 1. The van der Waals surface area contributed by atoms with Crippen LogP contribution in [0, 0.1) is 13.8 Å². The summed E-state index contributed by atoms with van der Waals surface area (Å²) in [6.45, 7) is 4.17. The van der Waals surface area contributed by atoms with Gasteiger partial charge in [0, 0.05) is 28.7 Å². The van der Waals surface area contributed by atoms with E-state index in [1.807, 2.05) is 30.3 Å². The molecule has 4 aromatic rings. The third-order valence-electron chi connectivity index (χ3n) is 5.53. The minimum Gasteiger partial charge on any atom is -0.497 e. The number of aryl methyl sites for hydroxylation is 2. The van der Waals surface area contributed by atoms with Gasteiger partial charge in [0.2, 0.25) is 0 Å². The lowest BCUT2D eigenvalue weighted by molar-refractivity contribution is 0.415. The molecule has 5 rings (SSSR count). The number of nitrogens with zero attached hydrogens (tertiary/aromatic N) is 2. The molecule has 0 amide bonds. The van der Waals surface area contributed by atoms with E-state index in [1.54, 1.807) is 7.11 Å². The monoisotopic (exact) mass is 408 g/mol. The van der Waals surface area contributed by atoms with Crippen molar-refractivity contribution in [3.8, 4) is 5.75 Å². The zero-order valence-electron chi connectivity index (χ0n) is 17.9. The number of fused-ring (bicyclic) bond motifs is 1. The Morgan fingerprint density at radius 2 is 1.81 bits per heavy atom. The van der Waals surface area contributed by atoms with Crippen LogP contribution in [0.25, 0.3) is 17.0 Å². The summed E-state index contributed by atoms with van der Waals surface area (Å²) >= 11 is 0. The predicted molar refractivity (Wildman–Crippen MR) is 128 cm³/mol. The van der Waals surface area contributed by atoms with Gasteiger partial charge in [-0.1, -0.05) is 18.2 Å². The number of hydrogen-bond donors (Lipinski definition) is 2. The number of aromatic nitrogens is 2. The smallest absolute Gasteiger partial charge is 0.119 e. The highest BCUT2D eigenvalue weighted by Crippen LogP contribution is 2.28. The Kier molecular flexibility index (Phi) is 4.79. The second-order valence-electron chi connectivity index (χ2n) is 7.84. The van der Waals surface area contributed by atoms with Crippen LogP contribution in [0.5, 0.6) is 5.75 Å². The lowest BCUT2D eigenvalue weighted by Crippen LogP contribution is -2.01. The number of aliphatic imine (C=N–C) groups is 2. The van der Waals surface area contributed by atoms with Gasteiger partial charge in [0.1, 0.15) is 5.75 Å². The molecule has 3 heterocycles. The van der Waals surface area contributed by atoms with Gasteiger partial charge >= 0.3 is 0 Å². The number of methoxy groups -OCH3 is 1. The third-order valence-corrected chi connectivity index (χ3v) is 5.53. The first-order valence-electron chi connectivity index (χ1n) is 10.3. The molecule has 1 aliphatic rings. The van der Waals surface area contributed by atoms with Crippen LogP contribution in [0.3, 0.4) is 0 Å². The molecule has 31 heavy (non-hydrogen) atoms. The van der Waals surface area contributed by atoms with E-state index in [0.29, 0.717) is 6.42 Å². The Labute approximate surface area is 181 Å². The first-order chi connectivity index (χ1) is 15.1. The van der Waals surface area contributed by atoms with Gasteiger partial charge in [-0.15, -0.1) is 0 Å². The maximum Gasteiger partial charge on any atom is 0.119 e. The van der Waals surface area contributed by atoms with Crippen LogP contribution in [0.4, 0.5) is 5.69 Å². The highest BCUT2D eigenvalue weighted by Gasteiger charge is 2.22. The number of nitrogens with one attached hydrogen (secondary N) is 2. The molecular formula is C26H24N4O. The number of allylic oxidation sites excluding steroid dienone is 1. The summed E-state index contributed by atoms with van der Waals surface area (Å²) in [5.41, 5.74) is 9.26. The molecule has 0 aliphatic carbocycles. The van der Waals surface area contributed by atoms with Crippen molar-refractivity contribution in [3.63, 3.8) is 0 Å². The van der Waals surface area contributed by atoms with Crippen molar-refractivity contribution >= 4 is 34.1 Å². The summed E-state index contributed by atoms with van der Waals surface area (Å²) in [5, 5.41) is 1.18. The average molecular weight is 409 g/mol. The molecule has 2 aromatic heterocycles. The Morgan fingerprint density at radius 1 is 1.00 bits per heavy atom. The zero-order chi connectivity index (χ0) is 21.4. The molecule has 0 saturated carbocycles. The van der Waals surface area contributed by atoms with Crippen molar-refractivity contribution in [2.24, 2.45) is 9.98 Å². The first kappa shape index (κ1) is 19.1. The van der Waals surface area contributed by atoms with Crippen LogP contribution in [-0.2, 0) is 0 Å². The van der Waals surface area contributed by atoms with Crippen LogP contribution in [0.15, 0.2) is 76.3 Å². The van der Waals surface area contributed by atoms with Gasteiger partial charge in [0.25, 0.3) is 0 Å². The first-order valence-corrected chi connectivity index (χ1v) is 10.3. The van der Waals surface area contributed by atoms with Crippen LogP contribution < -0.4 is 4.74 Å². The van der Waals surface area contributed by atoms with Crippen molar-refractivity contribution in [3.05, 3.63) is 89.0 Å². The maximum atomic E-state index is 5.27. The fourth-order valence-electron chi connectivity index (χ4n) is 3.94. The van der Waals surface area contributed by atoms with Crippen molar-refractivity contribution in [2.45, 2.75) is 20.3 Å². The summed E-state index contributed by atoms with van der Waals surface area (Å²) in [7, 11) is 1.67. The van der Waals surface area contributed by atoms with E-state index in [2.05, 4.69) is 60.2 Å². The molecule has 0 bridgehead atoms. The van der Waals surface area contributed by atoms with E-state index in [4.69, 9.17) is 14.7 Å². The highest BCUT2D eigenvalue weighted by molar-refractivity contribution is 6.25. The van der Waals surface area contributed by atoms with Crippen LogP contribution in [0.1, 0.15) is 29.1 Å². The van der Waals surface area contributed by atoms with Crippen molar-refractivity contribution in [1.82, 2.24) is 9.97 Å². The fourth-order valence-corrected chi connectivity index (χ4v) is 3.94. The zero-order valence-corrected chi connectivity index (χ0v) is 17.9. The van der Waals surface area contributed by atoms with Gasteiger partial charge < -0.3 is 14.7 Å². The second kappa shape index (κ2) is 7.76. The largest absolute Gasteiger partial charge is 0.497 e. The molecule has 0 unspecified atom stereocenters.